The van der Waals surface area contributed by atoms with Gasteiger partial charge in [0, 0.05) is 12.5 Å². The van der Waals surface area contributed by atoms with Crippen LogP contribution in [-0.2, 0) is 0 Å². The first kappa shape index (κ1) is 8.35. The smallest absolute Gasteiger partial charge is 0.231 e. The molecule has 0 aliphatic carbocycles. The third kappa shape index (κ3) is 1.34. The van der Waals surface area contributed by atoms with Crippen LogP contribution in [-0.4, -0.2) is 11.8 Å². The highest BCUT2D eigenvalue weighted by molar-refractivity contribution is 5.62. The maximum atomic E-state index is 5.42. The Morgan fingerprint density at radius 3 is 2.87 bits per heavy atom. The highest BCUT2D eigenvalue weighted by Gasteiger charge is 2.14. The van der Waals surface area contributed by atoms with Crippen molar-refractivity contribution in [2.75, 3.05) is 6.79 Å². The summed E-state index contributed by atoms with van der Waals surface area (Å²) in [6, 6.07) is 5.69. The molecule has 0 atom stereocenters. The van der Waals surface area contributed by atoms with Crippen molar-refractivity contribution in [3.63, 3.8) is 0 Å². The van der Waals surface area contributed by atoms with Crippen molar-refractivity contribution >= 4 is 0 Å². The third-order valence-electron chi connectivity index (χ3n) is 2.28. The normalized spacial score (nSPS) is 13.1. The molecule has 1 aromatic carbocycles. The molecule has 0 fully saturated rings. The molecule has 0 spiro atoms. The van der Waals surface area contributed by atoms with E-state index in [1.165, 1.54) is 0 Å². The number of hydrogen-bond acceptors (Lipinski definition) is 4. The Morgan fingerprint density at radius 1 is 1.20 bits per heavy atom. The number of fused-ring (bicyclic) bond motifs is 1. The molecule has 1 aliphatic rings. The molecule has 76 valence electrons. The zero-order chi connectivity index (χ0) is 10.3. The van der Waals surface area contributed by atoms with Crippen LogP contribution in [0, 0.1) is 6.92 Å². The Hall–Kier alpha value is -1.97. The monoisotopic (exact) mass is 203 g/mol. The highest BCUT2D eigenvalue weighted by Crippen LogP contribution is 2.35. The SMILES string of the molecule is Cc1ncc(-c2ccc3c(c2)OCO3)o1. The third-order valence-corrected chi connectivity index (χ3v) is 2.28. The van der Waals surface area contributed by atoms with Crippen molar-refractivity contribution in [3.05, 3.63) is 30.3 Å². The number of nitrogens with zero attached hydrogens (tertiary/aromatic N) is 1. The minimum absolute atomic E-state index is 0.286. The minimum Gasteiger partial charge on any atom is -0.454 e. The van der Waals surface area contributed by atoms with Gasteiger partial charge in [-0.25, -0.2) is 4.98 Å². The molecule has 1 aliphatic heterocycles. The predicted molar refractivity (Wildman–Crippen MR) is 52.8 cm³/mol. The molecular weight excluding hydrogens is 194 g/mol. The first-order valence-corrected chi connectivity index (χ1v) is 4.65. The van der Waals surface area contributed by atoms with Crippen LogP contribution >= 0.6 is 0 Å². The van der Waals surface area contributed by atoms with E-state index in [9.17, 15) is 0 Å². The highest BCUT2D eigenvalue weighted by atomic mass is 16.7. The lowest BCUT2D eigenvalue weighted by Gasteiger charge is -1.98. The van der Waals surface area contributed by atoms with E-state index >= 15 is 0 Å². The van der Waals surface area contributed by atoms with Crippen LogP contribution in [0.1, 0.15) is 5.89 Å². The van der Waals surface area contributed by atoms with Gasteiger partial charge in [-0.05, 0) is 18.2 Å². The van der Waals surface area contributed by atoms with Gasteiger partial charge < -0.3 is 13.9 Å². The zero-order valence-electron chi connectivity index (χ0n) is 8.19. The number of ether oxygens (including phenoxy) is 2. The standard InChI is InChI=1S/C11H9NO3/c1-7-12-5-11(15-7)8-2-3-9-10(4-8)14-6-13-9/h2-5H,6H2,1H3. The van der Waals surface area contributed by atoms with Crippen molar-refractivity contribution < 1.29 is 13.9 Å². The first-order valence-electron chi connectivity index (χ1n) is 4.65. The Labute approximate surface area is 86.5 Å². The maximum absolute atomic E-state index is 5.42. The summed E-state index contributed by atoms with van der Waals surface area (Å²) >= 11 is 0. The lowest BCUT2D eigenvalue weighted by atomic mass is 10.1. The van der Waals surface area contributed by atoms with Crippen LogP contribution in [0.25, 0.3) is 11.3 Å². The fourth-order valence-electron chi connectivity index (χ4n) is 1.54. The Kier molecular flexibility index (Phi) is 1.68. The second-order valence-electron chi connectivity index (χ2n) is 3.31. The van der Waals surface area contributed by atoms with Crippen molar-refractivity contribution in [3.8, 4) is 22.8 Å². The average Bonchev–Trinajstić information content (AvgIpc) is 2.84. The van der Waals surface area contributed by atoms with Crippen LogP contribution < -0.4 is 9.47 Å². The van der Waals surface area contributed by atoms with E-state index in [1.807, 2.05) is 25.1 Å². The van der Waals surface area contributed by atoms with Crippen LogP contribution in [0.15, 0.2) is 28.8 Å². The minimum atomic E-state index is 0.286. The van der Waals surface area contributed by atoms with Crippen molar-refractivity contribution in [2.24, 2.45) is 0 Å². The Bertz CT molecular complexity index is 504. The molecule has 4 heteroatoms. The molecule has 1 aromatic heterocycles. The van der Waals surface area contributed by atoms with Crippen LogP contribution in [0.4, 0.5) is 0 Å². The number of rotatable bonds is 1. The van der Waals surface area contributed by atoms with E-state index in [1.54, 1.807) is 6.20 Å². The zero-order valence-corrected chi connectivity index (χ0v) is 8.19. The van der Waals surface area contributed by atoms with Crippen molar-refractivity contribution in [1.29, 1.82) is 0 Å². The van der Waals surface area contributed by atoms with E-state index in [2.05, 4.69) is 4.98 Å². The topological polar surface area (TPSA) is 44.5 Å². The van der Waals surface area contributed by atoms with E-state index < -0.39 is 0 Å². The van der Waals surface area contributed by atoms with Gasteiger partial charge in [0.15, 0.2) is 23.1 Å². The molecule has 0 N–H and O–H groups in total. The van der Waals surface area contributed by atoms with Gasteiger partial charge in [0.2, 0.25) is 6.79 Å². The second-order valence-corrected chi connectivity index (χ2v) is 3.31. The van der Waals surface area contributed by atoms with Gasteiger partial charge >= 0.3 is 0 Å². The quantitative estimate of drug-likeness (QED) is 0.713. The van der Waals surface area contributed by atoms with Crippen molar-refractivity contribution in [1.82, 2.24) is 4.98 Å². The van der Waals surface area contributed by atoms with E-state index in [0.717, 1.165) is 22.8 Å². The molecular formula is C11H9NO3. The largest absolute Gasteiger partial charge is 0.454 e. The molecule has 4 nitrogen and oxygen atoms in total. The second kappa shape index (κ2) is 3.02. The van der Waals surface area contributed by atoms with Gasteiger partial charge in [0.05, 0.1) is 6.20 Å². The molecule has 3 rings (SSSR count). The van der Waals surface area contributed by atoms with Crippen molar-refractivity contribution in [2.45, 2.75) is 6.92 Å². The predicted octanol–water partition coefficient (Wildman–Crippen LogP) is 2.38. The van der Waals surface area contributed by atoms with Gasteiger partial charge in [0.1, 0.15) is 0 Å². The maximum Gasteiger partial charge on any atom is 0.231 e. The van der Waals surface area contributed by atoms with Gasteiger partial charge in [0.25, 0.3) is 0 Å². The van der Waals surface area contributed by atoms with E-state index in [0.29, 0.717) is 5.89 Å². The summed E-state index contributed by atoms with van der Waals surface area (Å²) < 4.78 is 15.9. The number of aryl methyl sites for hydroxylation is 1. The van der Waals surface area contributed by atoms with Gasteiger partial charge in [-0.3, -0.25) is 0 Å². The van der Waals surface area contributed by atoms with Crippen LogP contribution in [0.5, 0.6) is 11.5 Å². The Balaban J connectivity index is 2.06. The van der Waals surface area contributed by atoms with Gasteiger partial charge in [-0.15, -0.1) is 0 Å². The molecule has 15 heavy (non-hydrogen) atoms. The summed E-state index contributed by atoms with van der Waals surface area (Å²) in [7, 11) is 0. The number of oxazole rings is 1. The van der Waals surface area contributed by atoms with Crippen LogP contribution in [0.3, 0.4) is 0 Å². The fraction of sp³-hybridized carbons (Fsp3) is 0.182. The molecule has 0 unspecified atom stereocenters. The number of benzene rings is 1. The first-order chi connectivity index (χ1) is 7.33. The molecule has 0 saturated heterocycles. The molecule has 0 radical (unpaired) electrons. The summed E-state index contributed by atoms with van der Waals surface area (Å²) in [5.74, 6) is 2.92. The molecule has 2 heterocycles. The van der Waals surface area contributed by atoms with E-state index in [4.69, 9.17) is 13.9 Å². The van der Waals surface area contributed by atoms with Gasteiger partial charge in [-0.1, -0.05) is 0 Å². The molecule has 0 amide bonds. The number of aromatic nitrogens is 1. The summed E-state index contributed by atoms with van der Waals surface area (Å²) in [6.45, 7) is 2.10. The summed E-state index contributed by atoms with van der Waals surface area (Å²) in [5.41, 5.74) is 0.944. The Morgan fingerprint density at radius 2 is 2.07 bits per heavy atom. The summed E-state index contributed by atoms with van der Waals surface area (Å²) in [4.78, 5) is 4.05. The summed E-state index contributed by atoms with van der Waals surface area (Å²) in [5, 5.41) is 0. The number of hydrogen-bond donors (Lipinski definition) is 0. The molecule has 2 aromatic rings. The summed E-state index contributed by atoms with van der Waals surface area (Å²) in [6.07, 6.45) is 1.70. The molecule has 0 bridgehead atoms. The van der Waals surface area contributed by atoms with Crippen LogP contribution in [0.2, 0.25) is 0 Å². The van der Waals surface area contributed by atoms with Gasteiger partial charge in [-0.2, -0.15) is 0 Å². The average molecular weight is 203 g/mol. The fourth-order valence-corrected chi connectivity index (χ4v) is 1.54. The lowest BCUT2D eigenvalue weighted by Crippen LogP contribution is -1.92. The molecule has 0 saturated carbocycles. The van der Waals surface area contributed by atoms with E-state index in [-0.39, 0.29) is 6.79 Å². The lowest BCUT2D eigenvalue weighted by molar-refractivity contribution is 0.174.